The monoisotopic (exact) mass is 365 g/mol. The molecule has 142 valence electrons. The van der Waals surface area contributed by atoms with Gasteiger partial charge in [0.2, 0.25) is 0 Å². The number of anilines is 1. The van der Waals surface area contributed by atoms with Crippen molar-refractivity contribution < 1.29 is 9.53 Å². The molecule has 5 heteroatoms. The predicted molar refractivity (Wildman–Crippen MR) is 108 cm³/mol. The van der Waals surface area contributed by atoms with Crippen molar-refractivity contribution in [3.8, 4) is 5.75 Å². The van der Waals surface area contributed by atoms with Crippen molar-refractivity contribution in [1.29, 1.82) is 0 Å². The molecule has 0 atom stereocenters. The molecular formula is C22H27N3O2. The van der Waals surface area contributed by atoms with Crippen LogP contribution in [0.25, 0.3) is 0 Å². The van der Waals surface area contributed by atoms with E-state index in [4.69, 9.17) is 4.74 Å². The van der Waals surface area contributed by atoms with Gasteiger partial charge < -0.3 is 19.4 Å². The lowest BCUT2D eigenvalue weighted by Gasteiger charge is -2.39. The van der Waals surface area contributed by atoms with Crippen LogP contribution in [0.5, 0.6) is 5.75 Å². The Hall–Kier alpha value is -2.53. The minimum Gasteiger partial charge on any atom is -0.487 e. The summed E-state index contributed by atoms with van der Waals surface area (Å²) in [6.07, 6.45) is 0.0837. The zero-order chi connectivity index (χ0) is 18.8. The topological polar surface area (TPSA) is 36.0 Å². The molecule has 0 aliphatic carbocycles. The largest absolute Gasteiger partial charge is 0.487 e. The minimum absolute atomic E-state index is 0.0837. The molecule has 27 heavy (non-hydrogen) atoms. The highest BCUT2D eigenvalue weighted by Crippen LogP contribution is 2.22. The molecule has 0 aromatic heterocycles. The maximum atomic E-state index is 12.7. The Morgan fingerprint density at radius 3 is 2.37 bits per heavy atom. The maximum Gasteiger partial charge on any atom is 0.254 e. The van der Waals surface area contributed by atoms with Crippen LogP contribution in [-0.2, 0) is 0 Å². The van der Waals surface area contributed by atoms with Crippen LogP contribution in [0, 0.1) is 6.92 Å². The van der Waals surface area contributed by atoms with Gasteiger partial charge in [-0.05, 0) is 55.9 Å². The molecule has 2 heterocycles. The Balaban J connectivity index is 1.30. The molecule has 2 aromatic rings. The van der Waals surface area contributed by atoms with Crippen molar-refractivity contribution in [2.24, 2.45) is 0 Å². The lowest BCUT2D eigenvalue weighted by Crippen LogP contribution is -2.56. The second kappa shape index (κ2) is 7.61. The van der Waals surface area contributed by atoms with Gasteiger partial charge in [-0.15, -0.1) is 0 Å². The van der Waals surface area contributed by atoms with E-state index in [9.17, 15) is 4.79 Å². The van der Waals surface area contributed by atoms with Crippen molar-refractivity contribution >= 4 is 11.6 Å². The third kappa shape index (κ3) is 4.08. The van der Waals surface area contributed by atoms with E-state index < -0.39 is 0 Å². The lowest BCUT2D eigenvalue weighted by atomic mass is 10.1. The van der Waals surface area contributed by atoms with Gasteiger partial charge in [-0.25, -0.2) is 0 Å². The van der Waals surface area contributed by atoms with Crippen molar-refractivity contribution in [2.45, 2.75) is 13.0 Å². The van der Waals surface area contributed by atoms with Crippen LogP contribution < -0.4 is 9.64 Å². The van der Waals surface area contributed by atoms with Gasteiger partial charge in [-0.1, -0.05) is 12.1 Å². The average molecular weight is 365 g/mol. The average Bonchev–Trinajstić information content (AvgIpc) is 2.65. The first-order valence-corrected chi connectivity index (χ1v) is 9.64. The fourth-order valence-electron chi connectivity index (χ4n) is 3.62. The molecule has 0 radical (unpaired) electrons. The SMILES string of the molecule is Cc1cccc(OC2CN(C(=O)c3ccc(N4CCN(C)CC4)cc3)C2)c1. The fourth-order valence-corrected chi connectivity index (χ4v) is 3.62. The first kappa shape index (κ1) is 17.9. The van der Waals surface area contributed by atoms with E-state index in [-0.39, 0.29) is 12.0 Å². The Bertz CT molecular complexity index is 791. The van der Waals surface area contributed by atoms with E-state index in [1.807, 2.05) is 35.2 Å². The number of hydrogen-bond donors (Lipinski definition) is 0. The fraction of sp³-hybridized carbons (Fsp3) is 0.409. The quantitative estimate of drug-likeness (QED) is 0.835. The molecule has 4 rings (SSSR count). The van der Waals surface area contributed by atoms with E-state index in [1.54, 1.807) is 0 Å². The van der Waals surface area contributed by atoms with Gasteiger partial charge in [-0.2, -0.15) is 0 Å². The van der Waals surface area contributed by atoms with Crippen LogP contribution >= 0.6 is 0 Å². The van der Waals surface area contributed by atoms with Gasteiger partial charge >= 0.3 is 0 Å². The number of likely N-dealkylation sites (N-methyl/N-ethyl adjacent to an activating group) is 1. The summed E-state index contributed by atoms with van der Waals surface area (Å²) in [7, 11) is 2.15. The van der Waals surface area contributed by atoms with Gasteiger partial charge in [0, 0.05) is 37.4 Å². The smallest absolute Gasteiger partial charge is 0.254 e. The number of likely N-dealkylation sites (tertiary alicyclic amines) is 1. The van der Waals surface area contributed by atoms with Crippen LogP contribution in [0.2, 0.25) is 0 Å². The molecule has 0 N–H and O–H groups in total. The molecular weight excluding hydrogens is 338 g/mol. The van der Waals surface area contributed by atoms with Crippen molar-refractivity contribution in [2.75, 3.05) is 51.2 Å². The summed E-state index contributed by atoms with van der Waals surface area (Å²) in [5, 5.41) is 0. The van der Waals surface area contributed by atoms with Crippen LogP contribution in [0.3, 0.4) is 0 Å². The summed E-state index contributed by atoms with van der Waals surface area (Å²) >= 11 is 0. The molecule has 2 aliphatic heterocycles. The Morgan fingerprint density at radius 1 is 1.00 bits per heavy atom. The van der Waals surface area contributed by atoms with Crippen molar-refractivity contribution in [3.05, 3.63) is 59.7 Å². The van der Waals surface area contributed by atoms with Crippen LogP contribution in [-0.4, -0.2) is 68.1 Å². The molecule has 0 spiro atoms. The third-order valence-electron chi connectivity index (χ3n) is 5.41. The standard InChI is InChI=1S/C22H27N3O2/c1-17-4-3-5-20(14-17)27-21-15-25(16-21)22(26)18-6-8-19(9-7-18)24-12-10-23(2)11-13-24/h3-9,14,21H,10-13,15-16H2,1-2H3. The molecule has 2 aromatic carbocycles. The molecule has 1 amide bonds. The van der Waals surface area contributed by atoms with Crippen molar-refractivity contribution in [3.63, 3.8) is 0 Å². The number of rotatable bonds is 4. The highest BCUT2D eigenvalue weighted by Gasteiger charge is 2.32. The molecule has 0 unspecified atom stereocenters. The van der Waals surface area contributed by atoms with E-state index in [1.165, 1.54) is 11.3 Å². The first-order valence-electron chi connectivity index (χ1n) is 9.64. The summed E-state index contributed by atoms with van der Waals surface area (Å²) in [6, 6.07) is 16.1. The molecule has 2 aliphatic rings. The number of carbonyl (C=O) groups is 1. The molecule has 5 nitrogen and oxygen atoms in total. The van der Waals surface area contributed by atoms with Crippen LogP contribution in [0.15, 0.2) is 48.5 Å². The first-order chi connectivity index (χ1) is 13.1. The molecule has 2 saturated heterocycles. The summed E-state index contributed by atoms with van der Waals surface area (Å²) in [4.78, 5) is 19.2. The highest BCUT2D eigenvalue weighted by molar-refractivity contribution is 5.95. The summed E-state index contributed by atoms with van der Waals surface area (Å²) in [5.41, 5.74) is 3.13. The van der Waals surface area contributed by atoms with Gasteiger partial charge in [-0.3, -0.25) is 4.79 Å². The zero-order valence-corrected chi connectivity index (χ0v) is 16.1. The number of ether oxygens (including phenoxy) is 1. The minimum atomic E-state index is 0.0837. The Labute approximate surface area is 161 Å². The number of benzene rings is 2. The number of carbonyl (C=O) groups excluding carboxylic acids is 1. The Kier molecular flexibility index (Phi) is 5.03. The molecule has 0 bridgehead atoms. The predicted octanol–water partition coefficient (Wildman–Crippen LogP) is 2.65. The normalized spacial score (nSPS) is 18.3. The maximum absolute atomic E-state index is 12.7. The van der Waals surface area contributed by atoms with E-state index in [0.717, 1.165) is 37.5 Å². The number of nitrogens with zero attached hydrogens (tertiary/aromatic N) is 3. The summed E-state index contributed by atoms with van der Waals surface area (Å²) < 4.78 is 5.95. The summed E-state index contributed by atoms with van der Waals surface area (Å²) in [6.45, 7) is 7.57. The van der Waals surface area contributed by atoms with E-state index >= 15 is 0 Å². The lowest BCUT2D eigenvalue weighted by molar-refractivity contribution is 0.0178. The van der Waals surface area contributed by atoms with Gasteiger partial charge in [0.25, 0.3) is 5.91 Å². The van der Waals surface area contributed by atoms with Crippen molar-refractivity contribution in [1.82, 2.24) is 9.80 Å². The zero-order valence-electron chi connectivity index (χ0n) is 16.1. The third-order valence-corrected chi connectivity index (χ3v) is 5.41. The number of hydrogen-bond acceptors (Lipinski definition) is 4. The van der Waals surface area contributed by atoms with E-state index in [2.05, 4.69) is 42.0 Å². The van der Waals surface area contributed by atoms with Gasteiger partial charge in [0.05, 0.1) is 13.1 Å². The number of amides is 1. The van der Waals surface area contributed by atoms with Gasteiger partial charge in [0.15, 0.2) is 0 Å². The van der Waals surface area contributed by atoms with Gasteiger partial charge in [0.1, 0.15) is 11.9 Å². The molecule has 0 saturated carbocycles. The van der Waals surface area contributed by atoms with Crippen LogP contribution in [0.1, 0.15) is 15.9 Å². The Morgan fingerprint density at radius 2 is 1.70 bits per heavy atom. The summed E-state index contributed by atoms with van der Waals surface area (Å²) in [5.74, 6) is 0.965. The second-order valence-corrected chi connectivity index (χ2v) is 7.60. The van der Waals surface area contributed by atoms with E-state index in [0.29, 0.717) is 13.1 Å². The highest BCUT2D eigenvalue weighted by atomic mass is 16.5. The molecule has 2 fully saturated rings. The second-order valence-electron chi connectivity index (χ2n) is 7.60. The number of piperazine rings is 1. The number of aryl methyl sites for hydroxylation is 1. The van der Waals surface area contributed by atoms with Crippen LogP contribution in [0.4, 0.5) is 5.69 Å².